The molecule has 5 N–H and O–H groups in total. The molecule has 1 aromatic rings. The van der Waals surface area contributed by atoms with Crippen molar-refractivity contribution in [2.75, 3.05) is 11.1 Å². The maximum Gasteiger partial charge on any atom is 0.251 e. The second-order valence-electron chi connectivity index (χ2n) is 3.32. The predicted octanol–water partition coefficient (Wildman–Crippen LogP) is 0.639. The van der Waals surface area contributed by atoms with Gasteiger partial charge in [0.25, 0.3) is 5.91 Å². The van der Waals surface area contributed by atoms with Gasteiger partial charge in [-0.3, -0.25) is 9.59 Å². The Bertz CT molecular complexity index is 423. The summed E-state index contributed by atoms with van der Waals surface area (Å²) in [6, 6.07) is 6.63. The summed E-state index contributed by atoms with van der Waals surface area (Å²) < 4.78 is 0. The number of anilines is 2. The van der Waals surface area contributed by atoms with Crippen molar-refractivity contribution < 1.29 is 9.59 Å². The standard InChI is InChI=1S/C11H13N3O2/c1-7(6-10(13)15)11(16)14-9-4-2-8(12)3-5-9/h2-5H,1,6,12H2,(H2,13,15)(H,14,16). The van der Waals surface area contributed by atoms with Crippen LogP contribution in [0.3, 0.4) is 0 Å². The minimum atomic E-state index is -0.586. The number of nitrogens with one attached hydrogen (secondary N) is 1. The predicted molar refractivity (Wildman–Crippen MR) is 62.4 cm³/mol. The first-order valence-electron chi connectivity index (χ1n) is 4.62. The number of hydrogen-bond donors (Lipinski definition) is 3. The highest BCUT2D eigenvalue weighted by molar-refractivity contribution is 6.06. The van der Waals surface area contributed by atoms with E-state index in [1.807, 2.05) is 0 Å². The van der Waals surface area contributed by atoms with E-state index >= 15 is 0 Å². The molecule has 0 saturated carbocycles. The molecule has 5 heteroatoms. The molecule has 0 heterocycles. The van der Waals surface area contributed by atoms with E-state index in [1.165, 1.54) is 0 Å². The highest BCUT2D eigenvalue weighted by Crippen LogP contribution is 2.11. The summed E-state index contributed by atoms with van der Waals surface area (Å²) in [5.74, 6) is -1.01. The Morgan fingerprint density at radius 1 is 1.25 bits per heavy atom. The highest BCUT2D eigenvalue weighted by atomic mass is 16.2. The number of primary amides is 1. The Hall–Kier alpha value is -2.30. The van der Waals surface area contributed by atoms with Crippen LogP contribution < -0.4 is 16.8 Å². The molecule has 0 aliphatic carbocycles. The fraction of sp³-hybridized carbons (Fsp3) is 0.0909. The van der Waals surface area contributed by atoms with Crippen LogP contribution in [0.1, 0.15) is 6.42 Å². The lowest BCUT2D eigenvalue weighted by Crippen LogP contribution is -2.19. The third-order valence-corrected chi connectivity index (χ3v) is 1.88. The summed E-state index contributed by atoms with van der Waals surface area (Å²) >= 11 is 0. The molecule has 0 atom stereocenters. The number of nitrogen functional groups attached to an aromatic ring is 1. The minimum Gasteiger partial charge on any atom is -0.399 e. The van der Waals surface area contributed by atoms with E-state index in [0.717, 1.165) is 0 Å². The number of carbonyl (C=O) groups excluding carboxylic acids is 2. The van der Waals surface area contributed by atoms with Gasteiger partial charge in [0.1, 0.15) is 0 Å². The Balaban J connectivity index is 2.61. The summed E-state index contributed by atoms with van der Waals surface area (Å²) in [6.07, 6.45) is -0.152. The molecular formula is C11H13N3O2. The molecule has 0 bridgehead atoms. The summed E-state index contributed by atoms with van der Waals surface area (Å²) in [6.45, 7) is 3.47. The number of rotatable bonds is 4. The van der Waals surface area contributed by atoms with Crippen LogP contribution in [0.2, 0.25) is 0 Å². The van der Waals surface area contributed by atoms with E-state index in [4.69, 9.17) is 11.5 Å². The fourth-order valence-corrected chi connectivity index (χ4v) is 1.08. The zero-order valence-corrected chi connectivity index (χ0v) is 8.69. The van der Waals surface area contributed by atoms with Gasteiger partial charge in [-0.15, -0.1) is 0 Å². The van der Waals surface area contributed by atoms with E-state index in [2.05, 4.69) is 11.9 Å². The van der Waals surface area contributed by atoms with Crippen LogP contribution in [0.25, 0.3) is 0 Å². The second-order valence-corrected chi connectivity index (χ2v) is 3.32. The molecular weight excluding hydrogens is 206 g/mol. The first-order chi connectivity index (χ1) is 7.49. The van der Waals surface area contributed by atoms with Crippen molar-refractivity contribution in [2.24, 2.45) is 5.73 Å². The molecule has 0 unspecified atom stereocenters. The lowest BCUT2D eigenvalue weighted by molar-refractivity contribution is -0.119. The minimum absolute atomic E-state index is 0.129. The SMILES string of the molecule is C=C(CC(N)=O)C(=O)Nc1ccc(N)cc1. The zero-order valence-electron chi connectivity index (χ0n) is 8.69. The Morgan fingerprint density at radius 2 is 1.81 bits per heavy atom. The molecule has 0 spiro atoms. The smallest absolute Gasteiger partial charge is 0.251 e. The third kappa shape index (κ3) is 3.45. The first kappa shape index (κ1) is 11.8. The van der Waals surface area contributed by atoms with Crippen molar-refractivity contribution in [3.8, 4) is 0 Å². The van der Waals surface area contributed by atoms with E-state index in [1.54, 1.807) is 24.3 Å². The van der Waals surface area contributed by atoms with Crippen molar-refractivity contribution in [3.63, 3.8) is 0 Å². The van der Waals surface area contributed by atoms with Gasteiger partial charge in [0.2, 0.25) is 5.91 Å². The number of amides is 2. The van der Waals surface area contributed by atoms with Crippen molar-refractivity contribution in [2.45, 2.75) is 6.42 Å². The molecule has 0 fully saturated rings. The largest absolute Gasteiger partial charge is 0.399 e. The Labute approximate surface area is 93.1 Å². The average molecular weight is 219 g/mol. The van der Waals surface area contributed by atoms with Crippen LogP contribution in [0.5, 0.6) is 0 Å². The monoisotopic (exact) mass is 219 g/mol. The normalized spacial score (nSPS) is 9.50. The van der Waals surface area contributed by atoms with E-state index < -0.39 is 11.8 Å². The number of hydrogen-bond acceptors (Lipinski definition) is 3. The lowest BCUT2D eigenvalue weighted by Gasteiger charge is -2.06. The number of benzene rings is 1. The molecule has 1 rings (SSSR count). The van der Waals surface area contributed by atoms with Gasteiger partial charge in [-0.1, -0.05) is 6.58 Å². The maximum atomic E-state index is 11.5. The van der Waals surface area contributed by atoms with Gasteiger partial charge in [0.05, 0.1) is 6.42 Å². The lowest BCUT2D eigenvalue weighted by atomic mass is 10.2. The first-order valence-corrected chi connectivity index (χ1v) is 4.62. The van der Waals surface area contributed by atoms with Crippen LogP contribution in [0.15, 0.2) is 36.4 Å². The molecule has 1 aromatic carbocycles. The van der Waals surface area contributed by atoms with Gasteiger partial charge < -0.3 is 16.8 Å². The van der Waals surface area contributed by atoms with E-state index in [0.29, 0.717) is 11.4 Å². The van der Waals surface area contributed by atoms with Gasteiger partial charge in [-0.05, 0) is 24.3 Å². The van der Waals surface area contributed by atoms with Gasteiger partial charge in [-0.2, -0.15) is 0 Å². The Morgan fingerprint density at radius 3 is 2.31 bits per heavy atom. The van der Waals surface area contributed by atoms with Gasteiger partial charge in [-0.25, -0.2) is 0 Å². The van der Waals surface area contributed by atoms with E-state index in [-0.39, 0.29) is 12.0 Å². The van der Waals surface area contributed by atoms with Gasteiger partial charge in [0, 0.05) is 16.9 Å². The summed E-state index contributed by atoms with van der Waals surface area (Å²) in [5, 5.41) is 2.57. The van der Waals surface area contributed by atoms with Gasteiger partial charge in [0.15, 0.2) is 0 Å². The van der Waals surface area contributed by atoms with Crippen LogP contribution in [0.4, 0.5) is 11.4 Å². The van der Waals surface area contributed by atoms with Crippen molar-refractivity contribution in [1.82, 2.24) is 0 Å². The highest BCUT2D eigenvalue weighted by Gasteiger charge is 2.09. The van der Waals surface area contributed by atoms with Crippen LogP contribution in [-0.4, -0.2) is 11.8 Å². The van der Waals surface area contributed by atoms with Crippen molar-refractivity contribution >= 4 is 23.2 Å². The van der Waals surface area contributed by atoms with Crippen molar-refractivity contribution in [3.05, 3.63) is 36.4 Å². The van der Waals surface area contributed by atoms with Crippen LogP contribution in [0, 0.1) is 0 Å². The summed E-state index contributed by atoms with van der Waals surface area (Å²) in [4.78, 5) is 22.1. The fourth-order valence-electron chi connectivity index (χ4n) is 1.08. The molecule has 84 valence electrons. The van der Waals surface area contributed by atoms with E-state index in [9.17, 15) is 9.59 Å². The maximum absolute atomic E-state index is 11.5. The molecule has 0 aliphatic rings. The molecule has 0 radical (unpaired) electrons. The zero-order chi connectivity index (χ0) is 12.1. The van der Waals surface area contributed by atoms with Crippen LogP contribution >= 0.6 is 0 Å². The Kier molecular flexibility index (Phi) is 3.66. The molecule has 0 aromatic heterocycles. The molecule has 0 aliphatic heterocycles. The number of nitrogens with two attached hydrogens (primary N) is 2. The molecule has 0 saturated heterocycles. The van der Waals surface area contributed by atoms with Gasteiger partial charge >= 0.3 is 0 Å². The number of carbonyl (C=O) groups is 2. The topological polar surface area (TPSA) is 98.2 Å². The third-order valence-electron chi connectivity index (χ3n) is 1.88. The van der Waals surface area contributed by atoms with Crippen molar-refractivity contribution in [1.29, 1.82) is 0 Å². The summed E-state index contributed by atoms with van der Waals surface area (Å²) in [7, 11) is 0. The summed E-state index contributed by atoms with van der Waals surface area (Å²) in [5.41, 5.74) is 11.8. The van der Waals surface area contributed by atoms with Crippen LogP contribution in [-0.2, 0) is 9.59 Å². The molecule has 2 amide bonds. The molecule has 5 nitrogen and oxygen atoms in total. The quantitative estimate of drug-likeness (QED) is 0.512. The average Bonchev–Trinajstić information content (AvgIpc) is 2.20. The second kappa shape index (κ2) is 4.97. The molecule has 16 heavy (non-hydrogen) atoms.